The van der Waals surface area contributed by atoms with E-state index in [1.165, 1.54) is 14.2 Å². The molecule has 157 valence electrons. The van der Waals surface area contributed by atoms with Crippen molar-refractivity contribution in [1.82, 2.24) is 0 Å². The van der Waals surface area contributed by atoms with E-state index in [-0.39, 0.29) is 18.6 Å². The molecule has 0 amide bonds. The fraction of sp³-hybridized carbons (Fsp3) is 0.300. The monoisotopic (exact) mass is 441 g/mol. The van der Waals surface area contributed by atoms with Crippen LogP contribution < -0.4 is 11.5 Å². The standard InChI is InChI=1S/2C10H13NO3.V/c2*1-14-9(10(12)13)6-7-2-4-8(11)5-3-7;/h2*2-5,9H,6,11H2,1H3,(H,12,13);/t9-;;/m0../s1. The second-order valence-electron chi connectivity index (χ2n) is 6.02. The van der Waals surface area contributed by atoms with E-state index in [4.69, 9.17) is 31.2 Å². The molecular weight excluding hydrogens is 415 g/mol. The fourth-order valence-corrected chi connectivity index (χ4v) is 2.28. The van der Waals surface area contributed by atoms with Crippen molar-refractivity contribution in [3.63, 3.8) is 0 Å². The predicted molar refractivity (Wildman–Crippen MR) is 106 cm³/mol. The van der Waals surface area contributed by atoms with Crippen molar-refractivity contribution in [3.8, 4) is 0 Å². The molecular formula is C20H26N2O6V. The molecule has 0 aliphatic carbocycles. The van der Waals surface area contributed by atoms with Crippen LogP contribution in [0.3, 0.4) is 0 Å². The number of benzene rings is 2. The first-order chi connectivity index (χ1) is 13.3. The van der Waals surface area contributed by atoms with Gasteiger partial charge in [0.05, 0.1) is 0 Å². The summed E-state index contributed by atoms with van der Waals surface area (Å²) < 4.78 is 9.63. The molecule has 0 fully saturated rings. The van der Waals surface area contributed by atoms with Crippen LogP contribution in [0.2, 0.25) is 0 Å². The second kappa shape index (κ2) is 13.6. The van der Waals surface area contributed by atoms with Gasteiger partial charge in [0.2, 0.25) is 0 Å². The Morgan fingerprint density at radius 2 is 1.03 bits per heavy atom. The van der Waals surface area contributed by atoms with Gasteiger partial charge < -0.3 is 31.2 Å². The first-order valence-corrected chi connectivity index (χ1v) is 8.46. The van der Waals surface area contributed by atoms with Crippen LogP contribution in [0.25, 0.3) is 0 Å². The number of nitrogens with two attached hydrogens (primary N) is 2. The molecule has 0 aliphatic heterocycles. The molecule has 0 spiro atoms. The molecule has 6 N–H and O–H groups in total. The van der Waals surface area contributed by atoms with Crippen molar-refractivity contribution in [1.29, 1.82) is 0 Å². The van der Waals surface area contributed by atoms with Gasteiger partial charge in [-0.3, -0.25) is 0 Å². The molecule has 0 bridgehead atoms. The average Bonchev–Trinajstić information content (AvgIpc) is 2.67. The fourth-order valence-electron chi connectivity index (χ4n) is 2.28. The van der Waals surface area contributed by atoms with Crippen LogP contribution in [-0.2, 0) is 50.5 Å². The van der Waals surface area contributed by atoms with Gasteiger partial charge in [-0.2, -0.15) is 0 Å². The Hall–Kier alpha value is -2.52. The molecule has 2 aromatic carbocycles. The third-order valence-corrected chi connectivity index (χ3v) is 3.92. The minimum absolute atomic E-state index is 0. The van der Waals surface area contributed by atoms with Gasteiger partial charge in [-0.05, 0) is 35.4 Å². The van der Waals surface area contributed by atoms with Crippen molar-refractivity contribution < 1.29 is 47.8 Å². The van der Waals surface area contributed by atoms with Gasteiger partial charge in [-0.1, -0.05) is 24.3 Å². The molecule has 2 aromatic rings. The summed E-state index contributed by atoms with van der Waals surface area (Å²) in [5.74, 6) is -1.91. The van der Waals surface area contributed by atoms with E-state index < -0.39 is 24.1 Å². The quantitative estimate of drug-likeness (QED) is 0.454. The molecule has 2 rings (SSSR count). The average molecular weight is 441 g/mol. The summed E-state index contributed by atoms with van der Waals surface area (Å²) in [6.45, 7) is 0. The second-order valence-corrected chi connectivity index (χ2v) is 6.02. The van der Waals surface area contributed by atoms with Crippen molar-refractivity contribution in [3.05, 3.63) is 59.7 Å². The summed E-state index contributed by atoms with van der Waals surface area (Å²) in [6.07, 6.45) is -0.879. The van der Waals surface area contributed by atoms with E-state index in [1.807, 2.05) is 0 Å². The maximum absolute atomic E-state index is 10.7. The third-order valence-electron chi connectivity index (χ3n) is 3.92. The van der Waals surface area contributed by atoms with Crippen molar-refractivity contribution in [2.24, 2.45) is 0 Å². The molecule has 0 aromatic heterocycles. The number of carboxylic acids is 2. The van der Waals surface area contributed by atoms with E-state index in [1.54, 1.807) is 48.5 Å². The maximum Gasteiger partial charge on any atom is 0.333 e. The van der Waals surface area contributed by atoms with Gasteiger partial charge in [0, 0.05) is 57.0 Å². The minimum Gasteiger partial charge on any atom is -0.479 e. The molecule has 9 heteroatoms. The number of nitrogen functional groups attached to an aromatic ring is 2. The number of carboxylic acid groups (broad SMARTS) is 2. The number of methoxy groups -OCH3 is 2. The zero-order chi connectivity index (χ0) is 21.1. The summed E-state index contributed by atoms with van der Waals surface area (Å²) in [5.41, 5.74) is 14.1. The Kier molecular flexibility index (Phi) is 12.4. The molecule has 29 heavy (non-hydrogen) atoms. The van der Waals surface area contributed by atoms with Gasteiger partial charge in [0.1, 0.15) is 0 Å². The predicted octanol–water partition coefficient (Wildman–Crippen LogP) is 1.82. The van der Waals surface area contributed by atoms with Gasteiger partial charge >= 0.3 is 11.9 Å². The summed E-state index contributed by atoms with van der Waals surface area (Å²) in [6, 6.07) is 14.1. The first-order valence-electron chi connectivity index (χ1n) is 8.46. The third kappa shape index (κ3) is 10.0. The van der Waals surface area contributed by atoms with Gasteiger partial charge in [-0.15, -0.1) is 0 Å². The van der Waals surface area contributed by atoms with Crippen molar-refractivity contribution in [2.75, 3.05) is 25.7 Å². The van der Waals surface area contributed by atoms with Gasteiger partial charge in [0.25, 0.3) is 0 Å². The van der Waals surface area contributed by atoms with Gasteiger partial charge in [0.15, 0.2) is 12.2 Å². The molecule has 0 aliphatic rings. The number of carbonyl (C=O) groups is 2. The zero-order valence-corrected chi connectivity index (χ0v) is 17.7. The molecule has 8 nitrogen and oxygen atoms in total. The van der Waals surface area contributed by atoms with Crippen molar-refractivity contribution in [2.45, 2.75) is 25.0 Å². The molecule has 2 atom stereocenters. The van der Waals surface area contributed by atoms with Crippen molar-refractivity contribution >= 4 is 23.3 Å². The van der Waals surface area contributed by atoms with E-state index in [0.29, 0.717) is 24.2 Å². The van der Waals surface area contributed by atoms with Crippen LogP contribution in [0.4, 0.5) is 11.4 Å². The molecule has 1 radical (unpaired) electrons. The normalized spacial score (nSPS) is 11.9. The summed E-state index contributed by atoms with van der Waals surface area (Å²) in [4.78, 5) is 21.3. The number of aliphatic carboxylic acids is 2. The Labute approximate surface area is 181 Å². The Bertz CT molecular complexity index is 687. The summed E-state index contributed by atoms with van der Waals surface area (Å²) in [5, 5.41) is 17.5. The number of ether oxygens (including phenoxy) is 2. The minimum atomic E-state index is -0.954. The van der Waals surface area contributed by atoms with Crippen LogP contribution in [0.15, 0.2) is 48.5 Å². The number of rotatable bonds is 8. The largest absolute Gasteiger partial charge is 0.479 e. The van der Waals surface area contributed by atoms with Crippen LogP contribution >= 0.6 is 0 Å². The Balaban J connectivity index is 0.000000523. The number of anilines is 2. The summed E-state index contributed by atoms with van der Waals surface area (Å²) in [7, 11) is 2.77. The molecule has 0 heterocycles. The van der Waals surface area contributed by atoms with E-state index in [2.05, 4.69) is 0 Å². The Morgan fingerprint density at radius 1 is 0.759 bits per heavy atom. The van der Waals surface area contributed by atoms with E-state index in [0.717, 1.165) is 11.1 Å². The van der Waals surface area contributed by atoms with Crippen LogP contribution in [0.1, 0.15) is 11.1 Å². The SMILES string of the molecule is COC(Cc1ccc(N)cc1)C(=O)O.CO[C@@H](Cc1ccc(N)cc1)C(=O)O.[V]. The Morgan fingerprint density at radius 3 is 1.24 bits per heavy atom. The van der Waals surface area contributed by atoms with Crippen LogP contribution in [-0.4, -0.2) is 48.6 Å². The molecule has 0 saturated heterocycles. The van der Waals surface area contributed by atoms with Crippen LogP contribution in [0, 0.1) is 0 Å². The van der Waals surface area contributed by atoms with E-state index in [9.17, 15) is 9.59 Å². The summed E-state index contributed by atoms with van der Waals surface area (Å²) >= 11 is 0. The maximum atomic E-state index is 10.7. The smallest absolute Gasteiger partial charge is 0.333 e. The zero-order valence-electron chi connectivity index (χ0n) is 16.3. The van der Waals surface area contributed by atoms with Crippen LogP contribution in [0.5, 0.6) is 0 Å². The van der Waals surface area contributed by atoms with E-state index >= 15 is 0 Å². The number of hydrogen-bond acceptors (Lipinski definition) is 6. The topological polar surface area (TPSA) is 145 Å². The molecule has 0 saturated carbocycles. The van der Waals surface area contributed by atoms with Gasteiger partial charge in [-0.25, -0.2) is 9.59 Å². The first kappa shape index (κ1) is 26.5. The molecule has 1 unspecified atom stereocenters. The number of hydrogen-bond donors (Lipinski definition) is 4.